The largest absolute Gasteiger partial charge is 0.419 e. The number of benzene rings is 2. The summed E-state index contributed by atoms with van der Waals surface area (Å²) in [5.74, 6) is 0.862. The van der Waals surface area contributed by atoms with Crippen LogP contribution in [-0.4, -0.2) is 10.2 Å². The van der Waals surface area contributed by atoms with E-state index < -0.39 is 6.04 Å². The topological polar surface area (TPSA) is 64.9 Å². The molecule has 1 heterocycles. The number of nitrogens with two attached hydrogens (primary N) is 1. The van der Waals surface area contributed by atoms with Gasteiger partial charge in [-0.05, 0) is 33.6 Å². The Labute approximate surface area is 124 Å². The lowest BCUT2D eigenvalue weighted by Crippen LogP contribution is -2.11. The molecule has 5 heteroatoms. The molecule has 0 aliphatic rings. The molecule has 0 amide bonds. The first-order chi connectivity index (χ1) is 9.75. The van der Waals surface area contributed by atoms with Crippen LogP contribution in [0.15, 0.2) is 63.5 Å². The fourth-order valence-electron chi connectivity index (χ4n) is 1.91. The number of nitrogens with zero attached hydrogens (tertiary/aromatic N) is 2. The van der Waals surface area contributed by atoms with Gasteiger partial charge >= 0.3 is 0 Å². The highest BCUT2D eigenvalue weighted by Crippen LogP contribution is 2.28. The van der Waals surface area contributed by atoms with Gasteiger partial charge in [-0.25, -0.2) is 0 Å². The first-order valence-corrected chi connectivity index (χ1v) is 6.94. The normalized spacial score (nSPS) is 12.3. The van der Waals surface area contributed by atoms with Crippen molar-refractivity contribution in [2.45, 2.75) is 6.04 Å². The van der Waals surface area contributed by atoms with E-state index in [1.807, 2.05) is 54.6 Å². The van der Waals surface area contributed by atoms with E-state index in [0.29, 0.717) is 11.8 Å². The fraction of sp³-hybridized carbons (Fsp3) is 0.0667. The summed E-state index contributed by atoms with van der Waals surface area (Å²) in [4.78, 5) is 0. The second-order valence-electron chi connectivity index (χ2n) is 4.31. The third-order valence-electron chi connectivity index (χ3n) is 2.97. The van der Waals surface area contributed by atoms with Crippen LogP contribution in [0.3, 0.4) is 0 Å². The van der Waals surface area contributed by atoms with Crippen molar-refractivity contribution in [2.75, 3.05) is 0 Å². The first-order valence-electron chi connectivity index (χ1n) is 6.14. The van der Waals surface area contributed by atoms with Crippen molar-refractivity contribution in [3.63, 3.8) is 0 Å². The Balaban J connectivity index is 1.93. The summed E-state index contributed by atoms with van der Waals surface area (Å²) in [5.41, 5.74) is 7.93. The highest BCUT2D eigenvalue weighted by atomic mass is 79.9. The van der Waals surface area contributed by atoms with Gasteiger partial charge in [-0.15, -0.1) is 10.2 Å². The summed E-state index contributed by atoms with van der Waals surface area (Å²) in [6.07, 6.45) is 0. The van der Waals surface area contributed by atoms with Gasteiger partial charge in [0.25, 0.3) is 0 Å². The molecule has 0 aliphatic carbocycles. The van der Waals surface area contributed by atoms with Crippen LogP contribution in [-0.2, 0) is 0 Å². The van der Waals surface area contributed by atoms with Crippen molar-refractivity contribution in [1.82, 2.24) is 10.2 Å². The molecule has 0 saturated heterocycles. The van der Waals surface area contributed by atoms with Crippen LogP contribution in [0, 0.1) is 0 Å². The van der Waals surface area contributed by atoms with Crippen LogP contribution < -0.4 is 5.73 Å². The Morgan fingerprint density at radius 2 is 1.65 bits per heavy atom. The van der Waals surface area contributed by atoms with E-state index in [9.17, 15) is 0 Å². The molecule has 0 saturated carbocycles. The van der Waals surface area contributed by atoms with E-state index in [-0.39, 0.29) is 0 Å². The molecule has 2 aromatic carbocycles. The van der Waals surface area contributed by atoms with Crippen molar-refractivity contribution >= 4 is 15.9 Å². The second-order valence-corrected chi connectivity index (χ2v) is 5.17. The van der Waals surface area contributed by atoms with E-state index in [2.05, 4.69) is 26.1 Å². The standard InChI is InChI=1S/C15H12BrN3O/c16-12-9-5-4-8-11(12)14-18-19-15(20-14)13(17)10-6-2-1-3-7-10/h1-9,13H,17H2. The van der Waals surface area contributed by atoms with Gasteiger partial charge in [-0.3, -0.25) is 0 Å². The molecule has 20 heavy (non-hydrogen) atoms. The zero-order chi connectivity index (χ0) is 13.9. The molecule has 0 bridgehead atoms. The van der Waals surface area contributed by atoms with Crippen LogP contribution in [0.25, 0.3) is 11.5 Å². The summed E-state index contributed by atoms with van der Waals surface area (Å²) in [5, 5.41) is 8.11. The quantitative estimate of drug-likeness (QED) is 0.798. The van der Waals surface area contributed by atoms with Gasteiger partial charge in [-0.2, -0.15) is 0 Å². The predicted octanol–water partition coefficient (Wildman–Crippen LogP) is 3.55. The molecule has 3 aromatic rings. The molecular formula is C15H12BrN3O. The fourth-order valence-corrected chi connectivity index (χ4v) is 2.36. The Morgan fingerprint density at radius 1 is 0.950 bits per heavy atom. The molecule has 4 nitrogen and oxygen atoms in total. The minimum absolute atomic E-state index is 0.405. The number of hydrogen-bond acceptors (Lipinski definition) is 4. The van der Waals surface area contributed by atoms with E-state index >= 15 is 0 Å². The van der Waals surface area contributed by atoms with E-state index in [0.717, 1.165) is 15.6 Å². The molecule has 0 aliphatic heterocycles. The summed E-state index contributed by atoms with van der Waals surface area (Å²) in [7, 11) is 0. The van der Waals surface area contributed by atoms with Gasteiger partial charge < -0.3 is 10.2 Å². The van der Waals surface area contributed by atoms with Crippen molar-refractivity contribution in [3.05, 3.63) is 70.5 Å². The third-order valence-corrected chi connectivity index (χ3v) is 3.66. The van der Waals surface area contributed by atoms with Gasteiger partial charge in [0.1, 0.15) is 6.04 Å². The summed E-state index contributed by atoms with van der Waals surface area (Å²) in [6, 6.07) is 16.9. The molecule has 3 rings (SSSR count). The van der Waals surface area contributed by atoms with Crippen molar-refractivity contribution in [2.24, 2.45) is 5.73 Å². The zero-order valence-corrected chi connectivity index (χ0v) is 12.1. The molecule has 100 valence electrons. The van der Waals surface area contributed by atoms with E-state index in [4.69, 9.17) is 10.2 Å². The lowest BCUT2D eigenvalue weighted by molar-refractivity contribution is 0.484. The lowest BCUT2D eigenvalue weighted by atomic mass is 10.1. The second kappa shape index (κ2) is 5.56. The van der Waals surface area contributed by atoms with Gasteiger partial charge in [-0.1, -0.05) is 42.5 Å². The average molecular weight is 330 g/mol. The van der Waals surface area contributed by atoms with Crippen LogP contribution in [0.2, 0.25) is 0 Å². The van der Waals surface area contributed by atoms with Gasteiger partial charge in [0.15, 0.2) is 0 Å². The Hall–Kier alpha value is -1.98. The number of aromatic nitrogens is 2. The monoisotopic (exact) mass is 329 g/mol. The Morgan fingerprint density at radius 3 is 2.40 bits per heavy atom. The van der Waals surface area contributed by atoms with E-state index in [1.54, 1.807) is 0 Å². The minimum atomic E-state index is -0.417. The molecular weight excluding hydrogens is 318 g/mol. The third kappa shape index (κ3) is 2.50. The highest BCUT2D eigenvalue weighted by molar-refractivity contribution is 9.10. The molecule has 1 aromatic heterocycles. The lowest BCUT2D eigenvalue weighted by Gasteiger charge is -2.06. The first kappa shape index (κ1) is 13.0. The summed E-state index contributed by atoms with van der Waals surface area (Å²) in [6.45, 7) is 0. The maximum Gasteiger partial charge on any atom is 0.248 e. The van der Waals surface area contributed by atoms with Gasteiger partial charge in [0.2, 0.25) is 11.8 Å². The zero-order valence-electron chi connectivity index (χ0n) is 10.5. The van der Waals surface area contributed by atoms with Crippen LogP contribution in [0.4, 0.5) is 0 Å². The van der Waals surface area contributed by atoms with Crippen LogP contribution in [0.1, 0.15) is 17.5 Å². The predicted molar refractivity (Wildman–Crippen MR) is 79.9 cm³/mol. The van der Waals surface area contributed by atoms with Crippen LogP contribution in [0.5, 0.6) is 0 Å². The average Bonchev–Trinajstić information content (AvgIpc) is 2.97. The van der Waals surface area contributed by atoms with Crippen molar-refractivity contribution in [1.29, 1.82) is 0 Å². The molecule has 0 radical (unpaired) electrons. The van der Waals surface area contributed by atoms with Crippen molar-refractivity contribution in [3.8, 4) is 11.5 Å². The van der Waals surface area contributed by atoms with E-state index in [1.165, 1.54) is 0 Å². The molecule has 1 atom stereocenters. The molecule has 1 unspecified atom stereocenters. The number of hydrogen-bond donors (Lipinski definition) is 1. The Bertz CT molecular complexity index is 712. The minimum Gasteiger partial charge on any atom is -0.419 e. The maximum atomic E-state index is 6.14. The van der Waals surface area contributed by atoms with Gasteiger partial charge in [0.05, 0.1) is 5.56 Å². The summed E-state index contributed by atoms with van der Waals surface area (Å²) >= 11 is 3.47. The van der Waals surface area contributed by atoms with Crippen LogP contribution >= 0.6 is 15.9 Å². The maximum absolute atomic E-state index is 6.14. The van der Waals surface area contributed by atoms with Gasteiger partial charge in [0, 0.05) is 4.47 Å². The highest BCUT2D eigenvalue weighted by Gasteiger charge is 2.17. The smallest absolute Gasteiger partial charge is 0.248 e. The number of halogens is 1. The number of rotatable bonds is 3. The molecule has 2 N–H and O–H groups in total. The molecule has 0 spiro atoms. The molecule has 0 fully saturated rings. The SMILES string of the molecule is NC(c1ccccc1)c1nnc(-c2ccccc2Br)o1. The Kier molecular flexibility index (Phi) is 3.62. The summed E-state index contributed by atoms with van der Waals surface area (Å²) < 4.78 is 6.60. The van der Waals surface area contributed by atoms with Crippen molar-refractivity contribution < 1.29 is 4.42 Å².